The minimum Gasteiger partial charge on any atom is -0.247 e. The van der Waals surface area contributed by atoms with Crippen molar-refractivity contribution in [3.05, 3.63) is 31.5 Å². The summed E-state index contributed by atoms with van der Waals surface area (Å²) >= 11 is 0. The van der Waals surface area contributed by atoms with Gasteiger partial charge in [-0.3, -0.25) is 0 Å². The fourth-order valence-electron chi connectivity index (χ4n) is 7.93. The molecule has 0 bridgehead atoms. The molecule has 234 valence electrons. The minimum atomic E-state index is -0.545. The number of aromatic nitrogens is 3. The van der Waals surface area contributed by atoms with Gasteiger partial charge < -0.3 is 0 Å². The van der Waals surface area contributed by atoms with E-state index in [4.69, 9.17) is 0 Å². The Morgan fingerprint density at radius 3 is 1.14 bits per heavy atom. The van der Waals surface area contributed by atoms with Crippen LogP contribution in [0.2, 0.25) is 0 Å². The van der Waals surface area contributed by atoms with Crippen LogP contribution in [0, 0.1) is 17.8 Å². The molecule has 4 rings (SSSR count). The number of nitrogens with zero attached hydrogens (tertiary/aromatic N) is 6. The number of hydrogen-bond donors (Lipinski definition) is 0. The van der Waals surface area contributed by atoms with Gasteiger partial charge in [-0.25, -0.2) is 57.4 Å². The lowest BCUT2D eigenvalue weighted by Gasteiger charge is -2.35. The molecule has 0 N–H and O–H groups in total. The van der Waals surface area contributed by atoms with E-state index in [2.05, 4.69) is 15.0 Å². The van der Waals surface area contributed by atoms with Crippen molar-refractivity contribution in [2.75, 3.05) is 0 Å². The molecule has 0 spiro atoms. The van der Waals surface area contributed by atoms with E-state index in [1.807, 2.05) is 20.8 Å². The topological polar surface area (TPSA) is 154 Å². The molecule has 0 amide bonds. The zero-order valence-corrected chi connectivity index (χ0v) is 25.5. The molecule has 1 aromatic heterocycles. The summed E-state index contributed by atoms with van der Waals surface area (Å²) < 4.78 is 3.99. The largest absolute Gasteiger partial charge is 0.336 e. The van der Waals surface area contributed by atoms with Gasteiger partial charge in [-0.05, 0) is 115 Å². The van der Waals surface area contributed by atoms with Crippen molar-refractivity contribution in [3.8, 4) is 0 Å². The maximum absolute atomic E-state index is 14.1. The molecule has 3 aliphatic rings. The third-order valence-electron chi connectivity index (χ3n) is 10.6. The van der Waals surface area contributed by atoms with Gasteiger partial charge in [0, 0.05) is 18.1 Å². The normalized spacial score (nSPS) is 29.7. The van der Waals surface area contributed by atoms with Crippen LogP contribution in [-0.4, -0.2) is 50.1 Å². The van der Waals surface area contributed by atoms with E-state index in [9.17, 15) is 28.8 Å². The Bertz CT molecular complexity index is 1350. The number of isocyanates is 3. The Kier molecular flexibility index (Phi) is 11.2. The summed E-state index contributed by atoms with van der Waals surface area (Å²) in [5, 5.41) is 0. The third kappa shape index (κ3) is 7.04. The first-order chi connectivity index (χ1) is 20.7. The van der Waals surface area contributed by atoms with Gasteiger partial charge in [0.1, 0.15) is 0 Å². The zero-order valence-electron chi connectivity index (χ0n) is 25.5. The van der Waals surface area contributed by atoms with Gasteiger partial charge in [0.25, 0.3) is 0 Å². The lowest BCUT2D eigenvalue weighted by atomic mass is 9.80. The van der Waals surface area contributed by atoms with Crippen molar-refractivity contribution < 1.29 is 14.4 Å². The summed E-state index contributed by atoms with van der Waals surface area (Å²) in [6.45, 7) is 5.75. The molecule has 3 saturated carbocycles. The number of carbonyl (C=O) groups excluding carboxylic acids is 3. The van der Waals surface area contributed by atoms with Gasteiger partial charge in [-0.1, -0.05) is 6.92 Å². The van der Waals surface area contributed by atoms with Crippen LogP contribution >= 0.6 is 0 Å². The zero-order chi connectivity index (χ0) is 31.1. The number of rotatable bonds is 10. The molecule has 3 atom stereocenters. The maximum atomic E-state index is 14.1. The summed E-state index contributed by atoms with van der Waals surface area (Å²) in [5.41, 5.74) is -1.63. The van der Waals surface area contributed by atoms with E-state index in [1.165, 1.54) is 13.7 Å². The molecule has 12 nitrogen and oxygen atoms in total. The highest BCUT2D eigenvalue weighted by Gasteiger charge is 2.35. The predicted molar refractivity (Wildman–Crippen MR) is 160 cm³/mol. The standard InChI is InChI=1S/C31H44N6O6/c1-4-28(34-19-40)24-9-15-27(16-10-24)37-30(42)35(25-11-5-22(6-12-25)20(2)32-17-38)29(41)36(31(37)43)26-13-7-23(8-14-26)21(3)33-18-39/h20-28H,4-16H2,1-3H3. The van der Waals surface area contributed by atoms with Gasteiger partial charge in [-0.2, -0.15) is 0 Å². The van der Waals surface area contributed by atoms with Gasteiger partial charge in [0.15, 0.2) is 0 Å². The highest BCUT2D eigenvalue weighted by Crippen LogP contribution is 2.37. The van der Waals surface area contributed by atoms with Gasteiger partial charge in [0.2, 0.25) is 18.2 Å². The molecular formula is C31H44N6O6. The van der Waals surface area contributed by atoms with Crippen LogP contribution in [0.15, 0.2) is 29.4 Å². The highest BCUT2D eigenvalue weighted by atomic mass is 16.2. The van der Waals surface area contributed by atoms with Crippen LogP contribution in [0.3, 0.4) is 0 Å². The fraction of sp³-hybridized carbons (Fsp3) is 0.806. The maximum Gasteiger partial charge on any atom is 0.336 e. The lowest BCUT2D eigenvalue weighted by Crippen LogP contribution is -2.58. The van der Waals surface area contributed by atoms with E-state index >= 15 is 0 Å². The summed E-state index contributed by atoms with van der Waals surface area (Å²) in [6, 6.07) is -1.50. The first-order valence-electron chi connectivity index (χ1n) is 16.0. The van der Waals surface area contributed by atoms with Crippen molar-refractivity contribution in [3.63, 3.8) is 0 Å². The molecular weight excluding hydrogens is 552 g/mol. The molecule has 3 fully saturated rings. The van der Waals surface area contributed by atoms with Crippen LogP contribution in [-0.2, 0) is 14.4 Å². The van der Waals surface area contributed by atoms with Crippen molar-refractivity contribution >= 4 is 18.2 Å². The van der Waals surface area contributed by atoms with Gasteiger partial charge >= 0.3 is 17.1 Å². The molecule has 43 heavy (non-hydrogen) atoms. The predicted octanol–water partition coefficient (Wildman–Crippen LogP) is 3.93. The van der Waals surface area contributed by atoms with Crippen molar-refractivity contribution in [2.24, 2.45) is 32.7 Å². The van der Waals surface area contributed by atoms with Gasteiger partial charge in [-0.15, -0.1) is 0 Å². The molecule has 0 aromatic carbocycles. The van der Waals surface area contributed by atoms with Crippen molar-refractivity contribution in [1.29, 1.82) is 0 Å². The molecule has 12 heteroatoms. The molecule has 3 unspecified atom stereocenters. The summed E-state index contributed by atoms with van der Waals surface area (Å²) in [7, 11) is 0. The average molecular weight is 597 g/mol. The van der Waals surface area contributed by atoms with Crippen LogP contribution in [0.4, 0.5) is 0 Å². The van der Waals surface area contributed by atoms with E-state index in [-0.39, 0.29) is 54.0 Å². The molecule has 1 heterocycles. The molecule has 1 aromatic rings. The summed E-state index contributed by atoms with van der Waals surface area (Å²) in [6.07, 6.45) is 13.5. The SMILES string of the molecule is CCC(N=C=O)C1CCC(n2c(=O)n(C3CCC(C(C)N=C=O)CC3)c(=O)n(C3CCC(C(C)N=C=O)CC3)c2=O)CC1. The second kappa shape index (κ2) is 14.8. The smallest absolute Gasteiger partial charge is 0.247 e. The monoisotopic (exact) mass is 596 g/mol. The minimum absolute atomic E-state index is 0.122. The molecule has 3 aliphatic carbocycles. The Hall–Kier alpha value is -3.45. The fourth-order valence-corrected chi connectivity index (χ4v) is 7.93. The quantitative estimate of drug-likeness (QED) is 0.294. The first-order valence-corrected chi connectivity index (χ1v) is 16.0. The third-order valence-corrected chi connectivity index (χ3v) is 10.6. The van der Waals surface area contributed by atoms with Crippen molar-refractivity contribution in [2.45, 2.75) is 140 Å². The van der Waals surface area contributed by atoms with E-state index < -0.39 is 17.1 Å². The second-order valence-corrected chi connectivity index (χ2v) is 12.8. The van der Waals surface area contributed by atoms with Crippen LogP contribution in [0.5, 0.6) is 0 Å². The first kappa shape index (κ1) is 32.5. The number of aliphatic imine (C=N–C) groups is 3. The molecule has 0 saturated heterocycles. The van der Waals surface area contributed by atoms with Gasteiger partial charge in [0.05, 0.1) is 18.1 Å². The van der Waals surface area contributed by atoms with Crippen LogP contribution in [0.1, 0.15) is 122 Å². The Balaban J connectivity index is 1.69. The van der Waals surface area contributed by atoms with E-state index in [1.54, 1.807) is 18.2 Å². The van der Waals surface area contributed by atoms with Crippen LogP contribution < -0.4 is 17.1 Å². The average Bonchev–Trinajstić information content (AvgIpc) is 3.01. The van der Waals surface area contributed by atoms with E-state index in [0.29, 0.717) is 64.2 Å². The Morgan fingerprint density at radius 2 is 0.860 bits per heavy atom. The van der Waals surface area contributed by atoms with E-state index in [0.717, 1.165) is 19.3 Å². The number of hydrogen-bond acceptors (Lipinski definition) is 9. The lowest BCUT2D eigenvalue weighted by molar-refractivity contribution is 0.191. The summed E-state index contributed by atoms with van der Waals surface area (Å²) in [4.78, 5) is 86.4. The summed E-state index contributed by atoms with van der Waals surface area (Å²) in [5.74, 6) is 0.524. The second-order valence-electron chi connectivity index (χ2n) is 12.8. The highest BCUT2D eigenvalue weighted by molar-refractivity contribution is 5.34. The van der Waals surface area contributed by atoms with Crippen molar-refractivity contribution in [1.82, 2.24) is 13.7 Å². The Morgan fingerprint density at radius 1 is 0.558 bits per heavy atom. The molecule has 0 radical (unpaired) electrons. The Labute approximate surface area is 251 Å². The van der Waals surface area contributed by atoms with Crippen LogP contribution in [0.25, 0.3) is 0 Å². The molecule has 0 aliphatic heterocycles.